The average molecular weight is 486 g/mol. The van der Waals surface area contributed by atoms with Crippen molar-refractivity contribution in [3.8, 4) is 0 Å². The van der Waals surface area contributed by atoms with Crippen molar-refractivity contribution < 1.29 is 14.6 Å². The fraction of sp³-hybridized carbons (Fsp3) is 0.636. The van der Waals surface area contributed by atoms with E-state index in [1.165, 1.54) is 0 Å². The zero-order chi connectivity index (χ0) is 20.7. The van der Waals surface area contributed by atoms with Crippen molar-refractivity contribution in [3.63, 3.8) is 0 Å². The number of benzene rings is 1. The molecule has 3 aliphatic heterocycles. The van der Waals surface area contributed by atoms with E-state index in [0.717, 1.165) is 69.0 Å². The standard InChI is InChI=1S/C22H31N5O3.2ClH/c1-25-18-4-3-16(13-17(18)24-21(25)26-9-11-30-12-10-26)20(29)27-8-2-6-22(15-27)14-23-7-5-19(22)28;;/h3-4,13,19,23,28H,2,5-12,14-15H2,1H3;2*1H/t19-,22-;;/m0../s1. The van der Waals surface area contributed by atoms with Crippen LogP contribution in [0.5, 0.6) is 0 Å². The first-order valence-electron chi connectivity index (χ1n) is 11.0. The molecule has 4 heterocycles. The van der Waals surface area contributed by atoms with E-state index >= 15 is 0 Å². The van der Waals surface area contributed by atoms with Crippen LogP contribution in [0, 0.1) is 5.41 Å². The van der Waals surface area contributed by atoms with Crippen LogP contribution < -0.4 is 10.2 Å². The number of amides is 1. The molecule has 0 unspecified atom stereocenters. The fourth-order valence-corrected chi connectivity index (χ4v) is 5.30. The summed E-state index contributed by atoms with van der Waals surface area (Å²) in [6, 6.07) is 5.82. The molecular formula is C22H33Cl2N5O3. The zero-order valence-corrected chi connectivity index (χ0v) is 20.1. The molecule has 1 aromatic heterocycles. The molecule has 32 heavy (non-hydrogen) atoms. The molecule has 2 aromatic rings. The van der Waals surface area contributed by atoms with E-state index in [1.54, 1.807) is 0 Å². The largest absolute Gasteiger partial charge is 0.392 e. The molecule has 0 aliphatic carbocycles. The van der Waals surface area contributed by atoms with Crippen LogP contribution in [-0.4, -0.2) is 84.1 Å². The molecule has 3 fully saturated rings. The fourth-order valence-electron chi connectivity index (χ4n) is 5.30. The summed E-state index contributed by atoms with van der Waals surface area (Å²) in [7, 11) is 2.02. The Hall–Kier alpha value is -1.58. The van der Waals surface area contributed by atoms with E-state index in [1.807, 2.05) is 30.1 Å². The molecule has 2 N–H and O–H groups in total. The minimum Gasteiger partial charge on any atom is -0.392 e. The lowest BCUT2D eigenvalue weighted by Gasteiger charge is -2.48. The van der Waals surface area contributed by atoms with E-state index in [9.17, 15) is 9.90 Å². The van der Waals surface area contributed by atoms with Gasteiger partial charge in [0.1, 0.15) is 0 Å². The van der Waals surface area contributed by atoms with Crippen molar-refractivity contribution in [1.29, 1.82) is 0 Å². The molecule has 3 aliphatic rings. The van der Waals surface area contributed by atoms with Gasteiger partial charge in [-0.05, 0) is 44.0 Å². The number of nitrogens with one attached hydrogen (secondary N) is 1. The second-order valence-corrected chi connectivity index (χ2v) is 8.95. The van der Waals surface area contributed by atoms with Gasteiger partial charge in [0, 0.05) is 50.7 Å². The molecule has 0 saturated carbocycles. The third-order valence-corrected chi connectivity index (χ3v) is 7.07. The number of nitrogens with zero attached hydrogens (tertiary/aromatic N) is 4. The smallest absolute Gasteiger partial charge is 0.253 e. The molecule has 10 heteroatoms. The summed E-state index contributed by atoms with van der Waals surface area (Å²) in [4.78, 5) is 22.3. The highest BCUT2D eigenvalue weighted by molar-refractivity contribution is 5.98. The predicted molar refractivity (Wildman–Crippen MR) is 129 cm³/mol. The molecule has 0 bridgehead atoms. The van der Waals surface area contributed by atoms with Crippen LogP contribution in [0.4, 0.5) is 5.95 Å². The summed E-state index contributed by atoms with van der Waals surface area (Å²) >= 11 is 0. The first-order valence-corrected chi connectivity index (χ1v) is 11.0. The number of aromatic nitrogens is 2. The van der Waals surface area contributed by atoms with Crippen LogP contribution >= 0.6 is 24.8 Å². The summed E-state index contributed by atoms with van der Waals surface area (Å²) in [5, 5.41) is 14.1. The number of ether oxygens (including phenoxy) is 1. The number of aliphatic hydroxyl groups is 1. The van der Waals surface area contributed by atoms with E-state index in [0.29, 0.717) is 25.3 Å². The Bertz CT molecular complexity index is 945. The van der Waals surface area contributed by atoms with E-state index in [4.69, 9.17) is 9.72 Å². The highest BCUT2D eigenvalue weighted by Gasteiger charge is 2.44. The monoisotopic (exact) mass is 485 g/mol. The van der Waals surface area contributed by atoms with Gasteiger partial charge in [0.25, 0.3) is 5.91 Å². The van der Waals surface area contributed by atoms with E-state index < -0.39 is 0 Å². The molecular weight excluding hydrogens is 453 g/mol. The van der Waals surface area contributed by atoms with Gasteiger partial charge in [0.2, 0.25) is 5.95 Å². The maximum Gasteiger partial charge on any atom is 0.253 e. The number of likely N-dealkylation sites (tertiary alicyclic amines) is 1. The number of imidazole rings is 1. The molecule has 3 saturated heterocycles. The number of carbonyl (C=O) groups is 1. The van der Waals surface area contributed by atoms with Gasteiger partial charge >= 0.3 is 0 Å². The SMILES string of the molecule is Cl.Cl.Cn1c(N2CCOCC2)nc2cc(C(=O)N3CCC[C@]4(CNCC[C@@H]4O)C3)ccc21. The lowest BCUT2D eigenvalue weighted by Crippen LogP contribution is -2.58. The van der Waals surface area contributed by atoms with E-state index in [2.05, 4.69) is 14.8 Å². The maximum atomic E-state index is 13.3. The van der Waals surface area contributed by atoms with Gasteiger partial charge in [-0.1, -0.05) is 0 Å². The molecule has 8 nitrogen and oxygen atoms in total. The third-order valence-electron chi connectivity index (χ3n) is 7.07. The minimum atomic E-state index is -0.344. The number of carbonyl (C=O) groups excluding carboxylic acids is 1. The highest BCUT2D eigenvalue weighted by atomic mass is 35.5. The number of rotatable bonds is 2. The zero-order valence-electron chi connectivity index (χ0n) is 18.5. The molecule has 1 spiro atoms. The topological polar surface area (TPSA) is 82.9 Å². The van der Waals surface area contributed by atoms with Gasteiger partial charge < -0.3 is 29.5 Å². The first-order chi connectivity index (χ1) is 14.6. The Kier molecular flexibility index (Phi) is 7.93. The number of halogens is 2. The van der Waals surface area contributed by atoms with Crippen molar-refractivity contribution >= 4 is 47.7 Å². The second-order valence-electron chi connectivity index (χ2n) is 8.95. The Morgan fingerprint density at radius 3 is 2.78 bits per heavy atom. The van der Waals surface area contributed by atoms with Crippen LogP contribution in [0.2, 0.25) is 0 Å². The summed E-state index contributed by atoms with van der Waals surface area (Å²) < 4.78 is 7.55. The van der Waals surface area contributed by atoms with Crippen molar-refractivity contribution in [3.05, 3.63) is 23.8 Å². The van der Waals surface area contributed by atoms with Crippen LogP contribution in [0.25, 0.3) is 11.0 Å². The van der Waals surface area contributed by atoms with Crippen LogP contribution in [0.1, 0.15) is 29.6 Å². The van der Waals surface area contributed by atoms with Gasteiger partial charge in [0.15, 0.2) is 0 Å². The van der Waals surface area contributed by atoms with Crippen molar-refractivity contribution in [1.82, 2.24) is 19.8 Å². The predicted octanol–water partition coefficient (Wildman–Crippen LogP) is 1.83. The number of piperidine rings is 2. The number of hydrogen-bond donors (Lipinski definition) is 2. The summed E-state index contributed by atoms with van der Waals surface area (Å²) in [6.07, 6.45) is 2.31. The Morgan fingerprint density at radius 1 is 1.25 bits per heavy atom. The third kappa shape index (κ3) is 4.43. The number of aryl methyl sites for hydroxylation is 1. The maximum absolute atomic E-state index is 13.3. The van der Waals surface area contributed by atoms with Gasteiger partial charge in [-0.3, -0.25) is 4.79 Å². The molecule has 1 amide bonds. The molecule has 2 atom stereocenters. The molecule has 1 aromatic carbocycles. The second kappa shape index (κ2) is 10.1. The number of fused-ring (bicyclic) bond motifs is 1. The number of aliphatic hydroxyl groups excluding tert-OH is 1. The molecule has 178 valence electrons. The van der Waals surface area contributed by atoms with Crippen molar-refractivity contribution in [2.45, 2.75) is 25.4 Å². The first kappa shape index (κ1) is 25.1. The van der Waals surface area contributed by atoms with Gasteiger partial charge in [0.05, 0.1) is 30.4 Å². The van der Waals surface area contributed by atoms with Crippen LogP contribution in [-0.2, 0) is 11.8 Å². The van der Waals surface area contributed by atoms with Crippen LogP contribution in [0.15, 0.2) is 18.2 Å². The summed E-state index contributed by atoms with van der Waals surface area (Å²) in [5.74, 6) is 0.957. The van der Waals surface area contributed by atoms with Crippen molar-refractivity contribution in [2.75, 3.05) is 57.4 Å². The summed E-state index contributed by atoms with van der Waals surface area (Å²) in [5.41, 5.74) is 2.32. The quantitative estimate of drug-likeness (QED) is 0.674. The average Bonchev–Trinajstić information content (AvgIpc) is 3.12. The lowest BCUT2D eigenvalue weighted by atomic mass is 9.72. The van der Waals surface area contributed by atoms with Gasteiger partial charge in [-0.15, -0.1) is 24.8 Å². The van der Waals surface area contributed by atoms with Crippen molar-refractivity contribution in [2.24, 2.45) is 12.5 Å². The van der Waals surface area contributed by atoms with Crippen LogP contribution in [0.3, 0.4) is 0 Å². The summed E-state index contributed by atoms with van der Waals surface area (Å²) in [6.45, 7) is 6.06. The van der Waals surface area contributed by atoms with Gasteiger partial charge in [-0.25, -0.2) is 4.98 Å². The number of morpholine rings is 1. The Morgan fingerprint density at radius 2 is 2.03 bits per heavy atom. The lowest BCUT2D eigenvalue weighted by molar-refractivity contribution is -0.0433. The molecule has 5 rings (SSSR count). The number of hydrogen-bond acceptors (Lipinski definition) is 6. The highest BCUT2D eigenvalue weighted by Crippen LogP contribution is 2.37. The number of anilines is 1. The minimum absolute atomic E-state index is 0. The Labute approximate surface area is 201 Å². The van der Waals surface area contributed by atoms with E-state index in [-0.39, 0.29) is 42.2 Å². The normalized spacial score (nSPS) is 26.0. The Balaban J connectivity index is 0.00000144. The molecule has 0 radical (unpaired) electrons. The van der Waals surface area contributed by atoms with Gasteiger partial charge in [-0.2, -0.15) is 0 Å².